The number of nitrogens with zero attached hydrogens (tertiary/aromatic N) is 5. The smallest absolute Gasteiger partial charge is 0.272 e. The van der Waals surface area contributed by atoms with Crippen LogP contribution in [-0.2, 0) is 18.9 Å². The second kappa shape index (κ2) is 7.09. The predicted molar refractivity (Wildman–Crippen MR) is 108 cm³/mol. The van der Waals surface area contributed by atoms with Crippen molar-refractivity contribution < 1.29 is 9.90 Å². The number of likely N-dealkylation sites (tertiary alicyclic amines) is 1. The van der Waals surface area contributed by atoms with Gasteiger partial charge >= 0.3 is 0 Å². The first-order valence-corrected chi connectivity index (χ1v) is 10.6. The molecule has 1 spiro atoms. The van der Waals surface area contributed by atoms with Gasteiger partial charge in [-0.05, 0) is 44.6 Å². The maximum absolute atomic E-state index is 13.1. The van der Waals surface area contributed by atoms with Crippen LogP contribution >= 0.6 is 0 Å². The maximum Gasteiger partial charge on any atom is 0.272 e. The minimum Gasteiger partial charge on any atom is -0.395 e. The summed E-state index contributed by atoms with van der Waals surface area (Å²) in [4.78, 5) is 25.0. The van der Waals surface area contributed by atoms with Crippen LogP contribution in [0.2, 0.25) is 0 Å². The molecule has 2 aromatic heterocycles. The average Bonchev–Trinajstić information content (AvgIpc) is 3.42. The van der Waals surface area contributed by atoms with Crippen LogP contribution in [0, 0.1) is 0 Å². The zero-order chi connectivity index (χ0) is 20.0. The van der Waals surface area contributed by atoms with Gasteiger partial charge < -0.3 is 15.3 Å². The molecule has 2 aliphatic carbocycles. The largest absolute Gasteiger partial charge is 0.395 e. The lowest BCUT2D eigenvalue weighted by molar-refractivity contribution is 0.0622. The number of aryl methyl sites for hydroxylation is 1. The SMILES string of the molecule is Cn1nccc1C(=O)N1CCCC2(CCc3c(NCCO)nc(C4CC4)nc32)C1. The van der Waals surface area contributed by atoms with E-state index in [2.05, 4.69) is 10.4 Å². The van der Waals surface area contributed by atoms with Crippen LogP contribution in [0.4, 0.5) is 5.82 Å². The average molecular weight is 396 g/mol. The lowest BCUT2D eigenvalue weighted by atomic mass is 9.77. The normalized spacial score (nSPS) is 23.4. The van der Waals surface area contributed by atoms with Crippen LogP contribution in [0.25, 0.3) is 0 Å². The Hall–Kier alpha value is -2.48. The first-order chi connectivity index (χ1) is 14.1. The highest BCUT2D eigenvalue weighted by Crippen LogP contribution is 2.48. The molecule has 29 heavy (non-hydrogen) atoms. The Morgan fingerprint density at radius 1 is 1.34 bits per heavy atom. The third-order valence-electron chi connectivity index (χ3n) is 6.63. The molecular weight excluding hydrogens is 368 g/mol. The van der Waals surface area contributed by atoms with Gasteiger partial charge in [0.25, 0.3) is 5.91 Å². The molecule has 0 aromatic carbocycles. The molecule has 3 aliphatic rings. The summed E-state index contributed by atoms with van der Waals surface area (Å²) < 4.78 is 1.65. The van der Waals surface area contributed by atoms with Gasteiger partial charge in [0.15, 0.2) is 0 Å². The number of carbonyl (C=O) groups excluding carboxylic acids is 1. The Balaban J connectivity index is 1.48. The van der Waals surface area contributed by atoms with Gasteiger partial charge in [0.05, 0.1) is 12.3 Å². The standard InChI is InChI=1S/C21H28N6O2/c1-26-16(6-9-23-26)20(29)27-11-2-7-21(13-27)8-5-15-17(21)24-18(14-3-4-14)25-19(15)22-10-12-28/h6,9,14,28H,2-5,7-8,10-13H2,1H3,(H,22,24,25). The van der Waals surface area contributed by atoms with Crippen molar-refractivity contribution in [2.24, 2.45) is 7.05 Å². The van der Waals surface area contributed by atoms with Crippen LogP contribution in [0.1, 0.15) is 65.6 Å². The second-order valence-electron chi connectivity index (χ2n) is 8.63. The van der Waals surface area contributed by atoms with E-state index in [0.717, 1.165) is 62.4 Å². The molecule has 8 heteroatoms. The van der Waals surface area contributed by atoms with Gasteiger partial charge in [0.2, 0.25) is 0 Å². The number of nitrogens with one attached hydrogen (secondary N) is 1. The quantitative estimate of drug-likeness (QED) is 0.797. The molecular formula is C21H28N6O2. The fraction of sp³-hybridized carbons (Fsp3) is 0.619. The van der Waals surface area contributed by atoms with Gasteiger partial charge in [0, 0.05) is 49.8 Å². The third-order valence-corrected chi connectivity index (χ3v) is 6.63. The Morgan fingerprint density at radius 3 is 2.93 bits per heavy atom. The second-order valence-corrected chi connectivity index (χ2v) is 8.63. The topological polar surface area (TPSA) is 96.2 Å². The summed E-state index contributed by atoms with van der Waals surface area (Å²) >= 11 is 0. The highest BCUT2D eigenvalue weighted by molar-refractivity contribution is 5.92. The highest BCUT2D eigenvalue weighted by Gasteiger charge is 2.46. The first-order valence-electron chi connectivity index (χ1n) is 10.6. The maximum atomic E-state index is 13.1. The van der Waals surface area contributed by atoms with Gasteiger partial charge in [0.1, 0.15) is 17.3 Å². The van der Waals surface area contributed by atoms with E-state index in [1.165, 1.54) is 5.56 Å². The van der Waals surface area contributed by atoms with E-state index in [1.54, 1.807) is 16.9 Å². The summed E-state index contributed by atoms with van der Waals surface area (Å²) in [5, 5.41) is 16.7. The molecule has 2 aromatic rings. The molecule has 0 bridgehead atoms. The number of carbonyl (C=O) groups is 1. The number of anilines is 1. The van der Waals surface area contributed by atoms with Gasteiger partial charge in [-0.25, -0.2) is 9.97 Å². The summed E-state index contributed by atoms with van der Waals surface area (Å²) in [5.41, 5.74) is 2.85. The van der Waals surface area contributed by atoms with E-state index in [0.29, 0.717) is 24.7 Å². The molecule has 1 atom stereocenters. The molecule has 3 heterocycles. The fourth-order valence-corrected chi connectivity index (χ4v) is 4.95. The number of fused-ring (bicyclic) bond motifs is 2. The minimum absolute atomic E-state index is 0.0487. The molecule has 154 valence electrons. The van der Waals surface area contributed by atoms with Gasteiger partial charge in [-0.2, -0.15) is 5.10 Å². The number of aliphatic hydroxyl groups is 1. The Bertz CT molecular complexity index is 937. The number of amides is 1. The van der Waals surface area contributed by atoms with Crippen molar-refractivity contribution in [3.05, 3.63) is 35.0 Å². The molecule has 1 saturated carbocycles. The Labute approximate surface area is 170 Å². The van der Waals surface area contributed by atoms with Crippen LogP contribution in [0.5, 0.6) is 0 Å². The van der Waals surface area contributed by atoms with E-state index in [9.17, 15) is 9.90 Å². The monoisotopic (exact) mass is 396 g/mol. The van der Waals surface area contributed by atoms with Crippen molar-refractivity contribution in [3.63, 3.8) is 0 Å². The predicted octanol–water partition coefficient (Wildman–Crippen LogP) is 1.61. The molecule has 1 unspecified atom stereocenters. The number of rotatable bonds is 5. The van der Waals surface area contributed by atoms with Crippen molar-refractivity contribution in [2.75, 3.05) is 31.6 Å². The van der Waals surface area contributed by atoms with Crippen LogP contribution in [-0.4, -0.2) is 61.9 Å². The van der Waals surface area contributed by atoms with Crippen molar-refractivity contribution >= 4 is 11.7 Å². The minimum atomic E-state index is -0.0932. The number of hydrogen-bond donors (Lipinski definition) is 2. The fourth-order valence-electron chi connectivity index (χ4n) is 4.95. The summed E-state index contributed by atoms with van der Waals surface area (Å²) in [7, 11) is 1.81. The summed E-state index contributed by atoms with van der Waals surface area (Å²) in [6, 6.07) is 1.79. The Morgan fingerprint density at radius 2 is 2.21 bits per heavy atom. The number of hydrogen-bond acceptors (Lipinski definition) is 6. The van der Waals surface area contributed by atoms with Crippen molar-refractivity contribution in [3.8, 4) is 0 Å². The van der Waals surface area contributed by atoms with E-state index in [1.807, 2.05) is 11.9 Å². The van der Waals surface area contributed by atoms with Crippen molar-refractivity contribution in [1.82, 2.24) is 24.6 Å². The molecule has 1 amide bonds. The highest BCUT2D eigenvalue weighted by atomic mass is 16.3. The summed E-state index contributed by atoms with van der Waals surface area (Å²) in [6.07, 6.45) is 7.91. The number of aromatic nitrogens is 4. The molecule has 1 aliphatic heterocycles. The zero-order valence-corrected chi connectivity index (χ0v) is 16.9. The van der Waals surface area contributed by atoms with Crippen molar-refractivity contribution in [1.29, 1.82) is 0 Å². The van der Waals surface area contributed by atoms with Crippen LogP contribution in [0.15, 0.2) is 12.3 Å². The molecule has 5 rings (SSSR count). The summed E-state index contributed by atoms with van der Waals surface area (Å²) in [5.74, 6) is 2.33. The van der Waals surface area contributed by atoms with Crippen LogP contribution in [0.3, 0.4) is 0 Å². The molecule has 1 saturated heterocycles. The van der Waals surface area contributed by atoms with Gasteiger partial charge in [-0.3, -0.25) is 9.48 Å². The zero-order valence-electron chi connectivity index (χ0n) is 16.9. The molecule has 2 fully saturated rings. The van der Waals surface area contributed by atoms with E-state index < -0.39 is 0 Å². The number of piperidine rings is 1. The van der Waals surface area contributed by atoms with Crippen molar-refractivity contribution in [2.45, 2.75) is 49.9 Å². The molecule has 2 N–H and O–H groups in total. The lowest BCUT2D eigenvalue weighted by Gasteiger charge is -2.40. The van der Waals surface area contributed by atoms with Gasteiger partial charge in [-0.1, -0.05) is 0 Å². The van der Waals surface area contributed by atoms with Gasteiger partial charge in [-0.15, -0.1) is 0 Å². The lowest BCUT2D eigenvalue weighted by Crippen LogP contribution is -2.48. The number of aliphatic hydroxyl groups excluding tert-OH is 1. The summed E-state index contributed by atoms with van der Waals surface area (Å²) in [6.45, 7) is 2.04. The first kappa shape index (κ1) is 18.5. The van der Waals surface area contributed by atoms with E-state index >= 15 is 0 Å². The van der Waals surface area contributed by atoms with E-state index in [-0.39, 0.29) is 17.9 Å². The third kappa shape index (κ3) is 3.19. The van der Waals surface area contributed by atoms with E-state index in [4.69, 9.17) is 9.97 Å². The molecule has 8 nitrogen and oxygen atoms in total. The Kier molecular flexibility index (Phi) is 4.53. The van der Waals surface area contributed by atoms with Crippen LogP contribution < -0.4 is 5.32 Å². The molecule has 0 radical (unpaired) electrons.